The third kappa shape index (κ3) is 3.43. The van der Waals surface area contributed by atoms with Crippen LogP contribution >= 0.6 is 11.6 Å². The predicted molar refractivity (Wildman–Crippen MR) is 75.5 cm³/mol. The second kappa shape index (κ2) is 5.86. The van der Waals surface area contributed by atoms with Gasteiger partial charge in [0.15, 0.2) is 0 Å². The van der Waals surface area contributed by atoms with E-state index in [1.54, 1.807) is 12.1 Å². The van der Waals surface area contributed by atoms with Crippen LogP contribution in [-0.4, -0.2) is 47.4 Å². The molecule has 2 rings (SSSR count). The summed E-state index contributed by atoms with van der Waals surface area (Å²) in [7, 11) is 2.12. The van der Waals surface area contributed by atoms with Crippen LogP contribution in [0.4, 0.5) is 5.69 Å². The fraction of sp³-hybridized carbons (Fsp3) is 0.538. The molecule has 0 saturated carbocycles. The topological polar surface area (TPSA) is 49.6 Å². The zero-order valence-corrected chi connectivity index (χ0v) is 11.9. The van der Waals surface area contributed by atoms with Crippen molar-refractivity contribution in [2.75, 3.05) is 26.7 Å². The number of hydrogen-bond donors (Lipinski definition) is 0. The summed E-state index contributed by atoms with van der Waals surface area (Å²) in [5.41, 5.74) is 0.925. The molecule has 0 amide bonds. The van der Waals surface area contributed by atoms with Gasteiger partial charge >= 0.3 is 0 Å². The smallest absolute Gasteiger partial charge is 0.288 e. The SMILES string of the molecule is CC1CN(Cc2ccc(Cl)c([N+](=O)[O-])c2)CCN1C. The van der Waals surface area contributed by atoms with Crippen LogP contribution in [0.1, 0.15) is 12.5 Å². The molecule has 1 aliphatic rings. The van der Waals surface area contributed by atoms with Gasteiger partial charge in [0.1, 0.15) is 5.02 Å². The summed E-state index contributed by atoms with van der Waals surface area (Å²) in [6.07, 6.45) is 0. The third-order valence-corrected chi connectivity index (χ3v) is 3.98. The Kier molecular flexibility index (Phi) is 4.39. The lowest BCUT2D eigenvalue weighted by atomic mass is 10.1. The molecule has 0 aliphatic carbocycles. The predicted octanol–water partition coefficient (Wildman–Crippen LogP) is 2.38. The average Bonchev–Trinajstić information content (AvgIpc) is 2.36. The number of nitro groups is 1. The van der Waals surface area contributed by atoms with Crippen molar-refractivity contribution in [3.63, 3.8) is 0 Å². The second-order valence-corrected chi connectivity index (χ2v) is 5.51. The molecule has 104 valence electrons. The van der Waals surface area contributed by atoms with Gasteiger partial charge in [-0.05, 0) is 25.6 Å². The van der Waals surface area contributed by atoms with Crippen LogP contribution < -0.4 is 0 Å². The van der Waals surface area contributed by atoms with Crippen molar-refractivity contribution in [2.45, 2.75) is 19.5 Å². The van der Waals surface area contributed by atoms with Crippen LogP contribution in [0.25, 0.3) is 0 Å². The molecule has 1 atom stereocenters. The summed E-state index contributed by atoms with van der Waals surface area (Å²) in [5.74, 6) is 0. The zero-order valence-electron chi connectivity index (χ0n) is 11.2. The van der Waals surface area contributed by atoms with Crippen molar-refractivity contribution in [1.29, 1.82) is 0 Å². The van der Waals surface area contributed by atoms with Crippen molar-refractivity contribution in [3.8, 4) is 0 Å². The summed E-state index contributed by atoms with van der Waals surface area (Å²) in [4.78, 5) is 15.1. The zero-order chi connectivity index (χ0) is 14.0. The highest BCUT2D eigenvalue weighted by Gasteiger charge is 2.21. The van der Waals surface area contributed by atoms with Gasteiger partial charge in [0.25, 0.3) is 5.69 Å². The Bertz CT molecular complexity index is 481. The van der Waals surface area contributed by atoms with E-state index in [2.05, 4.69) is 23.8 Å². The lowest BCUT2D eigenvalue weighted by molar-refractivity contribution is -0.384. The van der Waals surface area contributed by atoms with Gasteiger partial charge in [-0.25, -0.2) is 0 Å². The third-order valence-electron chi connectivity index (χ3n) is 3.66. The standard InChI is InChI=1S/C13H18ClN3O2/c1-10-8-16(6-5-15(10)2)9-11-3-4-12(14)13(7-11)17(18)19/h3-4,7,10H,5-6,8-9H2,1-2H3. The highest BCUT2D eigenvalue weighted by atomic mass is 35.5. The molecule has 1 saturated heterocycles. The Morgan fingerprint density at radius 1 is 1.47 bits per heavy atom. The van der Waals surface area contributed by atoms with E-state index in [0.29, 0.717) is 6.04 Å². The molecular weight excluding hydrogens is 266 g/mol. The van der Waals surface area contributed by atoms with Crippen LogP contribution in [-0.2, 0) is 6.54 Å². The van der Waals surface area contributed by atoms with E-state index in [0.717, 1.165) is 31.7 Å². The minimum atomic E-state index is -0.432. The summed E-state index contributed by atoms with van der Waals surface area (Å²) in [6.45, 7) is 5.91. The minimum absolute atomic E-state index is 0.0126. The van der Waals surface area contributed by atoms with Gasteiger partial charge in [0.2, 0.25) is 0 Å². The van der Waals surface area contributed by atoms with E-state index >= 15 is 0 Å². The first-order valence-electron chi connectivity index (χ1n) is 6.33. The molecule has 1 heterocycles. The van der Waals surface area contributed by atoms with Gasteiger partial charge in [0, 0.05) is 38.3 Å². The maximum Gasteiger partial charge on any atom is 0.288 e. The molecular formula is C13H18ClN3O2. The van der Waals surface area contributed by atoms with Crippen LogP contribution in [0.15, 0.2) is 18.2 Å². The summed E-state index contributed by atoms with van der Waals surface area (Å²) >= 11 is 5.81. The monoisotopic (exact) mass is 283 g/mol. The van der Waals surface area contributed by atoms with Crippen LogP contribution in [0.2, 0.25) is 5.02 Å². The minimum Gasteiger partial charge on any atom is -0.301 e. The van der Waals surface area contributed by atoms with Crippen molar-refractivity contribution in [2.24, 2.45) is 0 Å². The van der Waals surface area contributed by atoms with Gasteiger partial charge in [-0.3, -0.25) is 15.0 Å². The van der Waals surface area contributed by atoms with Crippen LogP contribution in [0, 0.1) is 10.1 Å². The van der Waals surface area contributed by atoms with Crippen molar-refractivity contribution >= 4 is 17.3 Å². The fourth-order valence-corrected chi connectivity index (χ4v) is 2.51. The molecule has 6 heteroatoms. The molecule has 19 heavy (non-hydrogen) atoms. The Morgan fingerprint density at radius 2 is 2.21 bits per heavy atom. The largest absolute Gasteiger partial charge is 0.301 e. The molecule has 5 nitrogen and oxygen atoms in total. The van der Waals surface area contributed by atoms with Gasteiger partial charge in [-0.15, -0.1) is 0 Å². The maximum absolute atomic E-state index is 10.9. The number of piperazine rings is 1. The summed E-state index contributed by atoms with van der Waals surface area (Å²) in [5, 5.41) is 11.1. The Labute approximate surface area is 117 Å². The molecule has 0 bridgehead atoms. The highest BCUT2D eigenvalue weighted by Crippen LogP contribution is 2.26. The van der Waals surface area contributed by atoms with Crippen molar-refractivity contribution in [3.05, 3.63) is 38.9 Å². The number of nitrogens with zero attached hydrogens (tertiary/aromatic N) is 3. The second-order valence-electron chi connectivity index (χ2n) is 5.11. The van der Waals surface area contributed by atoms with E-state index < -0.39 is 4.92 Å². The number of hydrogen-bond acceptors (Lipinski definition) is 4. The number of rotatable bonds is 3. The van der Waals surface area contributed by atoms with E-state index in [1.807, 2.05) is 6.07 Å². The molecule has 1 aliphatic heterocycles. The molecule has 0 aromatic heterocycles. The maximum atomic E-state index is 10.9. The van der Waals surface area contributed by atoms with E-state index in [4.69, 9.17) is 11.6 Å². The van der Waals surface area contributed by atoms with Crippen LogP contribution in [0.5, 0.6) is 0 Å². The average molecular weight is 284 g/mol. The Hall–Kier alpha value is -1.17. The van der Waals surface area contributed by atoms with Crippen LogP contribution in [0.3, 0.4) is 0 Å². The van der Waals surface area contributed by atoms with E-state index in [1.165, 1.54) is 0 Å². The van der Waals surface area contributed by atoms with Crippen molar-refractivity contribution < 1.29 is 4.92 Å². The molecule has 1 aromatic carbocycles. The number of benzene rings is 1. The normalized spacial score (nSPS) is 21.5. The van der Waals surface area contributed by atoms with Gasteiger partial charge in [-0.1, -0.05) is 17.7 Å². The first-order valence-corrected chi connectivity index (χ1v) is 6.70. The number of halogens is 1. The van der Waals surface area contributed by atoms with Gasteiger partial charge < -0.3 is 4.90 Å². The molecule has 0 radical (unpaired) electrons. The first-order chi connectivity index (χ1) is 8.97. The molecule has 1 aromatic rings. The van der Waals surface area contributed by atoms with Gasteiger partial charge in [0.05, 0.1) is 4.92 Å². The number of likely N-dealkylation sites (N-methyl/N-ethyl adjacent to an activating group) is 1. The highest BCUT2D eigenvalue weighted by molar-refractivity contribution is 6.32. The molecule has 1 fully saturated rings. The molecule has 1 unspecified atom stereocenters. The lowest BCUT2D eigenvalue weighted by Crippen LogP contribution is -2.49. The molecule has 0 N–H and O–H groups in total. The fourth-order valence-electron chi connectivity index (χ4n) is 2.32. The van der Waals surface area contributed by atoms with E-state index in [9.17, 15) is 10.1 Å². The summed E-state index contributed by atoms with van der Waals surface area (Å²) < 4.78 is 0. The van der Waals surface area contributed by atoms with E-state index in [-0.39, 0.29) is 10.7 Å². The summed E-state index contributed by atoms with van der Waals surface area (Å²) in [6, 6.07) is 5.55. The van der Waals surface area contributed by atoms with Crippen molar-refractivity contribution in [1.82, 2.24) is 9.80 Å². The number of nitro benzene ring substituents is 1. The molecule has 0 spiro atoms. The quantitative estimate of drug-likeness (QED) is 0.631. The first kappa shape index (κ1) is 14.2. The Balaban J connectivity index is 2.07. The lowest BCUT2D eigenvalue weighted by Gasteiger charge is -2.37. The Morgan fingerprint density at radius 3 is 2.84 bits per heavy atom. The van der Waals surface area contributed by atoms with Gasteiger partial charge in [-0.2, -0.15) is 0 Å².